The van der Waals surface area contributed by atoms with Gasteiger partial charge in [0, 0.05) is 5.38 Å². The zero-order chi connectivity index (χ0) is 12.5. The van der Waals surface area contributed by atoms with Crippen molar-refractivity contribution in [2.24, 2.45) is 0 Å². The molecule has 3 nitrogen and oxygen atoms in total. The Kier molecular flexibility index (Phi) is 3.56. The summed E-state index contributed by atoms with van der Waals surface area (Å²) >= 11 is 4.58. The van der Waals surface area contributed by atoms with Crippen molar-refractivity contribution < 1.29 is 9.50 Å². The third-order valence-corrected chi connectivity index (χ3v) is 4.20. The van der Waals surface area contributed by atoms with Gasteiger partial charge in [-0.25, -0.2) is 9.37 Å². The molecule has 6 heteroatoms. The average molecular weight is 317 g/mol. The molecule has 0 saturated carbocycles. The highest BCUT2D eigenvalue weighted by atomic mass is 79.9. The average Bonchev–Trinajstić information content (AvgIpc) is 2.76. The number of aliphatic hydroxyl groups is 1. The van der Waals surface area contributed by atoms with E-state index in [1.54, 1.807) is 5.38 Å². The van der Waals surface area contributed by atoms with Crippen LogP contribution in [-0.2, 0) is 5.60 Å². The van der Waals surface area contributed by atoms with Crippen LogP contribution in [0.25, 0.3) is 0 Å². The van der Waals surface area contributed by atoms with Crippen LogP contribution in [0.3, 0.4) is 0 Å². The Morgan fingerprint density at radius 1 is 1.53 bits per heavy atom. The molecule has 0 aromatic carbocycles. The molecule has 0 fully saturated rings. The van der Waals surface area contributed by atoms with Gasteiger partial charge in [0.15, 0.2) is 5.60 Å². The Morgan fingerprint density at radius 2 is 2.29 bits per heavy atom. The summed E-state index contributed by atoms with van der Waals surface area (Å²) in [6.07, 6.45) is 1.52. The minimum atomic E-state index is -1.26. The van der Waals surface area contributed by atoms with Gasteiger partial charge in [-0.2, -0.15) is 0 Å². The minimum Gasteiger partial charge on any atom is -0.376 e. The highest BCUT2D eigenvalue weighted by molar-refractivity contribution is 9.10. The van der Waals surface area contributed by atoms with E-state index in [0.29, 0.717) is 21.7 Å². The van der Waals surface area contributed by atoms with Gasteiger partial charge in [0.2, 0.25) is 0 Å². The first-order chi connectivity index (χ1) is 8.06. The molecule has 0 spiro atoms. The van der Waals surface area contributed by atoms with Gasteiger partial charge in [-0.1, -0.05) is 6.92 Å². The van der Waals surface area contributed by atoms with Crippen LogP contribution in [0.4, 0.5) is 4.39 Å². The first-order valence-corrected chi connectivity index (χ1v) is 6.69. The lowest BCUT2D eigenvalue weighted by atomic mass is 9.97. The largest absolute Gasteiger partial charge is 0.376 e. The Morgan fingerprint density at radius 3 is 2.76 bits per heavy atom. The number of hydrogen-bond donors (Lipinski definition) is 1. The van der Waals surface area contributed by atoms with E-state index in [2.05, 4.69) is 25.9 Å². The number of hydrogen-bond acceptors (Lipinski definition) is 4. The molecule has 1 unspecified atom stereocenters. The summed E-state index contributed by atoms with van der Waals surface area (Å²) in [5.41, 5.74) is -0.854. The summed E-state index contributed by atoms with van der Waals surface area (Å²) < 4.78 is 13.5. The van der Waals surface area contributed by atoms with E-state index >= 15 is 0 Å². The van der Waals surface area contributed by atoms with Crippen LogP contribution >= 0.6 is 27.3 Å². The predicted molar refractivity (Wildman–Crippen MR) is 67.3 cm³/mol. The van der Waals surface area contributed by atoms with Gasteiger partial charge in [-0.05, 0) is 34.5 Å². The molecule has 0 aliphatic carbocycles. The maximum absolute atomic E-state index is 12.8. The topological polar surface area (TPSA) is 46.0 Å². The molecule has 2 aromatic heterocycles. The second-order valence-electron chi connectivity index (χ2n) is 3.55. The molecule has 2 aromatic rings. The van der Waals surface area contributed by atoms with E-state index < -0.39 is 11.4 Å². The molecule has 1 atom stereocenters. The van der Waals surface area contributed by atoms with Crippen LogP contribution in [0.1, 0.15) is 24.0 Å². The number of thiazole rings is 1. The molecular formula is C11H10BrFN2OS. The SMILES string of the molecule is CCC(O)(c1ccc(F)cn1)c1nc(Br)cs1. The van der Waals surface area contributed by atoms with E-state index in [1.807, 2.05) is 6.92 Å². The fourth-order valence-corrected chi connectivity index (χ4v) is 2.94. The van der Waals surface area contributed by atoms with Crippen molar-refractivity contribution in [3.8, 4) is 0 Å². The zero-order valence-electron chi connectivity index (χ0n) is 9.02. The molecule has 0 amide bonds. The molecular weight excluding hydrogens is 307 g/mol. The standard InChI is InChI=1S/C11H10BrFN2OS/c1-2-11(16,10-15-9(12)6-17-10)8-4-3-7(13)5-14-8/h3-6,16H,2H2,1H3. The van der Waals surface area contributed by atoms with Crippen molar-refractivity contribution in [2.75, 3.05) is 0 Å². The van der Waals surface area contributed by atoms with Gasteiger partial charge < -0.3 is 5.11 Å². The third-order valence-electron chi connectivity index (χ3n) is 2.49. The van der Waals surface area contributed by atoms with Crippen molar-refractivity contribution in [3.63, 3.8) is 0 Å². The molecule has 17 heavy (non-hydrogen) atoms. The highest BCUT2D eigenvalue weighted by Crippen LogP contribution is 2.34. The number of halogens is 2. The third kappa shape index (κ3) is 2.38. The number of pyridine rings is 1. The van der Waals surface area contributed by atoms with Crippen LogP contribution in [0.15, 0.2) is 28.3 Å². The quantitative estimate of drug-likeness (QED) is 0.946. The fourth-order valence-electron chi connectivity index (χ4n) is 1.51. The van der Waals surface area contributed by atoms with E-state index in [9.17, 15) is 9.50 Å². The van der Waals surface area contributed by atoms with E-state index in [1.165, 1.54) is 23.5 Å². The lowest BCUT2D eigenvalue weighted by Crippen LogP contribution is -2.27. The predicted octanol–water partition coefficient (Wildman–Crippen LogP) is 3.09. The van der Waals surface area contributed by atoms with Gasteiger partial charge in [-0.15, -0.1) is 11.3 Å². The van der Waals surface area contributed by atoms with Crippen LogP contribution in [0.2, 0.25) is 0 Å². The molecule has 0 radical (unpaired) electrons. The summed E-state index contributed by atoms with van der Waals surface area (Å²) in [5.74, 6) is -0.424. The van der Waals surface area contributed by atoms with E-state index in [-0.39, 0.29) is 0 Å². The molecule has 0 bridgehead atoms. The smallest absolute Gasteiger partial charge is 0.157 e. The van der Waals surface area contributed by atoms with Crippen LogP contribution < -0.4 is 0 Å². The van der Waals surface area contributed by atoms with Gasteiger partial charge >= 0.3 is 0 Å². The number of rotatable bonds is 3. The molecule has 2 rings (SSSR count). The Balaban J connectivity index is 2.47. The zero-order valence-corrected chi connectivity index (χ0v) is 11.4. The van der Waals surface area contributed by atoms with Crippen LogP contribution in [-0.4, -0.2) is 15.1 Å². The monoisotopic (exact) mass is 316 g/mol. The number of aromatic nitrogens is 2. The highest BCUT2D eigenvalue weighted by Gasteiger charge is 2.34. The van der Waals surface area contributed by atoms with E-state index in [4.69, 9.17) is 0 Å². The maximum atomic E-state index is 12.8. The molecule has 2 heterocycles. The van der Waals surface area contributed by atoms with Gasteiger partial charge in [-0.3, -0.25) is 4.98 Å². The van der Waals surface area contributed by atoms with Crippen LogP contribution in [0, 0.1) is 5.82 Å². The first kappa shape index (κ1) is 12.6. The van der Waals surface area contributed by atoms with E-state index in [0.717, 1.165) is 6.20 Å². The summed E-state index contributed by atoms with van der Waals surface area (Å²) in [5, 5.41) is 12.9. The van der Waals surface area contributed by atoms with Gasteiger partial charge in [0.05, 0.1) is 11.9 Å². The Bertz CT molecular complexity index is 516. The van der Waals surface area contributed by atoms with Crippen molar-refractivity contribution in [3.05, 3.63) is 44.8 Å². The second kappa shape index (κ2) is 4.80. The van der Waals surface area contributed by atoms with Crippen LogP contribution in [0.5, 0.6) is 0 Å². The van der Waals surface area contributed by atoms with Gasteiger partial charge in [0.1, 0.15) is 15.4 Å². The maximum Gasteiger partial charge on any atom is 0.157 e. The Labute approximate surface area is 110 Å². The van der Waals surface area contributed by atoms with Gasteiger partial charge in [0.25, 0.3) is 0 Å². The second-order valence-corrected chi connectivity index (χ2v) is 5.22. The lowest BCUT2D eigenvalue weighted by Gasteiger charge is -2.23. The summed E-state index contributed by atoms with van der Waals surface area (Å²) in [6, 6.07) is 2.76. The van der Waals surface area contributed by atoms with Crippen molar-refractivity contribution >= 4 is 27.3 Å². The normalized spacial score (nSPS) is 14.6. The lowest BCUT2D eigenvalue weighted by molar-refractivity contribution is 0.0713. The summed E-state index contributed by atoms with van der Waals surface area (Å²) in [7, 11) is 0. The van der Waals surface area contributed by atoms with Crippen molar-refractivity contribution in [2.45, 2.75) is 18.9 Å². The number of nitrogens with zero attached hydrogens (tertiary/aromatic N) is 2. The fraction of sp³-hybridized carbons (Fsp3) is 0.273. The minimum absolute atomic E-state index is 0.406. The molecule has 1 N–H and O–H groups in total. The summed E-state index contributed by atoms with van der Waals surface area (Å²) in [4.78, 5) is 8.14. The Hall–Kier alpha value is -0.850. The molecule has 0 aliphatic rings. The summed E-state index contributed by atoms with van der Waals surface area (Å²) in [6.45, 7) is 1.83. The van der Waals surface area contributed by atoms with Crippen molar-refractivity contribution in [1.29, 1.82) is 0 Å². The molecule has 0 saturated heterocycles. The first-order valence-electron chi connectivity index (χ1n) is 5.02. The molecule has 90 valence electrons. The molecule has 0 aliphatic heterocycles. The van der Waals surface area contributed by atoms with Crippen molar-refractivity contribution in [1.82, 2.24) is 9.97 Å².